The summed E-state index contributed by atoms with van der Waals surface area (Å²) >= 11 is 0. The highest BCUT2D eigenvalue weighted by Gasteiger charge is 2.21. The fraction of sp³-hybridized carbons (Fsp3) is 0.350. The number of likely N-dealkylation sites (N-methyl/N-ethyl adjacent to an activating group) is 1. The monoisotopic (exact) mass is 367 g/mol. The maximum atomic E-state index is 12.7. The van der Waals surface area contributed by atoms with E-state index in [2.05, 4.69) is 16.2 Å². The summed E-state index contributed by atoms with van der Waals surface area (Å²) in [6.45, 7) is 0.204. The molecule has 3 N–H and O–H groups in total. The lowest BCUT2D eigenvalue weighted by molar-refractivity contribution is -0.122. The summed E-state index contributed by atoms with van der Waals surface area (Å²) in [6, 6.07) is 11.5. The van der Waals surface area contributed by atoms with Crippen LogP contribution in [0.25, 0.3) is 0 Å². The standard InChI is InChI=1S/C20H25N5O2/c1-25(2)13-19(26)23-24-20(27)16-12-18(21-14-8-4-3-5-9-14)22-17-11-7-6-10-15(16)17/h3-5,8-9,12H,6-7,10-11,13H2,1-2H3,(H,21,22)(H,23,26)(H,24,27). The second-order valence-corrected chi connectivity index (χ2v) is 6.92. The van der Waals surface area contributed by atoms with Crippen molar-refractivity contribution >= 4 is 23.3 Å². The Bertz CT molecular complexity index is 821. The van der Waals surface area contributed by atoms with E-state index in [1.807, 2.05) is 30.3 Å². The van der Waals surface area contributed by atoms with E-state index in [0.29, 0.717) is 11.4 Å². The minimum Gasteiger partial charge on any atom is -0.340 e. The number of amides is 2. The number of pyridine rings is 1. The number of benzene rings is 1. The molecule has 0 spiro atoms. The first-order chi connectivity index (χ1) is 13.0. The van der Waals surface area contributed by atoms with E-state index in [9.17, 15) is 9.59 Å². The maximum Gasteiger partial charge on any atom is 0.270 e. The Morgan fingerprint density at radius 2 is 1.81 bits per heavy atom. The first-order valence-electron chi connectivity index (χ1n) is 9.11. The van der Waals surface area contributed by atoms with Gasteiger partial charge in [0.1, 0.15) is 5.82 Å². The van der Waals surface area contributed by atoms with Gasteiger partial charge in [-0.05, 0) is 63.5 Å². The molecular formula is C20H25N5O2. The highest BCUT2D eigenvalue weighted by atomic mass is 16.2. The van der Waals surface area contributed by atoms with E-state index >= 15 is 0 Å². The number of hydrogen-bond acceptors (Lipinski definition) is 5. The van der Waals surface area contributed by atoms with Gasteiger partial charge in [0.15, 0.2) is 0 Å². The van der Waals surface area contributed by atoms with E-state index in [0.717, 1.165) is 42.6 Å². The van der Waals surface area contributed by atoms with Gasteiger partial charge in [0.25, 0.3) is 11.8 Å². The summed E-state index contributed by atoms with van der Waals surface area (Å²) in [7, 11) is 3.59. The van der Waals surface area contributed by atoms with Crippen LogP contribution in [-0.4, -0.2) is 42.3 Å². The molecule has 1 aliphatic carbocycles. The van der Waals surface area contributed by atoms with Crippen LogP contribution in [-0.2, 0) is 17.6 Å². The third-order valence-electron chi connectivity index (χ3n) is 4.37. The molecule has 1 aliphatic rings. The summed E-state index contributed by atoms with van der Waals surface area (Å²) in [5.74, 6) is 0.0456. The number of carbonyl (C=O) groups excluding carboxylic acids is 2. The molecule has 0 unspecified atom stereocenters. The van der Waals surface area contributed by atoms with Crippen molar-refractivity contribution in [2.75, 3.05) is 26.0 Å². The molecule has 0 saturated heterocycles. The smallest absolute Gasteiger partial charge is 0.270 e. The van der Waals surface area contributed by atoms with Crippen LogP contribution in [0.5, 0.6) is 0 Å². The van der Waals surface area contributed by atoms with E-state index in [4.69, 9.17) is 4.98 Å². The van der Waals surface area contributed by atoms with Gasteiger partial charge < -0.3 is 10.2 Å². The molecule has 0 atom stereocenters. The first kappa shape index (κ1) is 18.8. The zero-order valence-electron chi connectivity index (χ0n) is 15.7. The minimum atomic E-state index is -0.321. The molecule has 0 bridgehead atoms. The van der Waals surface area contributed by atoms with Crippen LogP contribution in [0.4, 0.5) is 11.5 Å². The second kappa shape index (κ2) is 8.64. The predicted octanol–water partition coefficient (Wildman–Crippen LogP) is 2.03. The lowest BCUT2D eigenvalue weighted by Gasteiger charge is -2.20. The molecule has 0 aliphatic heterocycles. The fourth-order valence-electron chi connectivity index (χ4n) is 3.16. The number of aromatic nitrogens is 1. The molecule has 1 aromatic heterocycles. The number of hydrazine groups is 1. The molecule has 7 heteroatoms. The largest absolute Gasteiger partial charge is 0.340 e. The summed E-state index contributed by atoms with van der Waals surface area (Å²) < 4.78 is 0. The molecule has 1 aromatic carbocycles. The Labute approximate surface area is 159 Å². The number of aryl methyl sites for hydroxylation is 1. The number of carbonyl (C=O) groups is 2. The SMILES string of the molecule is CN(C)CC(=O)NNC(=O)c1cc(Nc2ccccc2)nc2c1CCCC2. The van der Waals surface area contributed by atoms with Crippen molar-refractivity contribution < 1.29 is 9.59 Å². The zero-order chi connectivity index (χ0) is 19.2. The number of fused-ring (bicyclic) bond motifs is 1. The van der Waals surface area contributed by atoms with Gasteiger partial charge in [-0.15, -0.1) is 0 Å². The molecule has 0 fully saturated rings. The van der Waals surface area contributed by atoms with Gasteiger partial charge in [-0.1, -0.05) is 18.2 Å². The second-order valence-electron chi connectivity index (χ2n) is 6.92. The minimum absolute atomic E-state index is 0.204. The number of para-hydroxylation sites is 1. The molecule has 1 heterocycles. The zero-order valence-corrected chi connectivity index (χ0v) is 15.7. The van der Waals surface area contributed by atoms with Crippen LogP contribution in [0.2, 0.25) is 0 Å². The number of nitrogens with one attached hydrogen (secondary N) is 3. The van der Waals surface area contributed by atoms with Crippen molar-refractivity contribution in [2.24, 2.45) is 0 Å². The lowest BCUT2D eigenvalue weighted by Crippen LogP contribution is -2.45. The highest BCUT2D eigenvalue weighted by Crippen LogP contribution is 2.27. The molecule has 27 heavy (non-hydrogen) atoms. The molecule has 0 radical (unpaired) electrons. The fourth-order valence-corrected chi connectivity index (χ4v) is 3.16. The normalized spacial score (nSPS) is 13.0. The average Bonchev–Trinajstić information content (AvgIpc) is 2.66. The number of anilines is 2. The van der Waals surface area contributed by atoms with Gasteiger partial charge in [0, 0.05) is 16.9 Å². The number of hydrogen-bond donors (Lipinski definition) is 3. The van der Waals surface area contributed by atoms with Gasteiger partial charge in [0.2, 0.25) is 0 Å². The van der Waals surface area contributed by atoms with E-state index in [1.54, 1.807) is 25.1 Å². The summed E-state index contributed by atoms with van der Waals surface area (Å²) in [5, 5.41) is 3.26. The Balaban J connectivity index is 1.81. The topological polar surface area (TPSA) is 86.4 Å². The van der Waals surface area contributed by atoms with Crippen molar-refractivity contribution in [1.82, 2.24) is 20.7 Å². The number of nitrogens with zero attached hydrogens (tertiary/aromatic N) is 2. The lowest BCUT2D eigenvalue weighted by atomic mass is 9.92. The van der Waals surface area contributed by atoms with Gasteiger partial charge in [-0.25, -0.2) is 4.98 Å². The van der Waals surface area contributed by atoms with Crippen molar-refractivity contribution in [1.29, 1.82) is 0 Å². The predicted molar refractivity (Wildman–Crippen MR) is 105 cm³/mol. The molecule has 3 rings (SSSR count). The average molecular weight is 367 g/mol. The molecule has 7 nitrogen and oxygen atoms in total. The van der Waals surface area contributed by atoms with Crippen molar-refractivity contribution in [3.63, 3.8) is 0 Å². The van der Waals surface area contributed by atoms with Crippen LogP contribution >= 0.6 is 0 Å². The molecule has 2 aromatic rings. The van der Waals surface area contributed by atoms with Crippen molar-refractivity contribution in [3.05, 3.63) is 53.2 Å². The van der Waals surface area contributed by atoms with Crippen LogP contribution < -0.4 is 16.2 Å². The van der Waals surface area contributed by atoms with Gasteiger partial charge in [-0.2, -0.15) is 0 Å². The Kier molecular flexibility index (Phi) is 6.03. The quantitative estimate of drug-likeness (QED) is 0.704. The van der Waals surface area contributed by atoms with Crippen LogP contribution in [0.1, 0.15) is 34.5 Å². The summed E-state index contributed by atoms with van der Waals surface area (Å²) in [4.78, 5) is 30.9. The summed E-state index contributed by atoms with van der Waals surface area (Å²) in [5.41, 5.74) is 8.38. The first-order valence-corrected chi connectivity index (χ1v) is 9.11. The Morgan fingerprint density at radius 3 is 2.56 bits per heavy atom. The molecule has 0 saturated carbocycles. The van der Waals surface area contributed by atoms with E-state index in [1.165, 1.54) is 0 Å². The van der Waals surface area contributed by atoms with Crippen LogP contribution in [0, 0.1) is 0 Å². The maximum absolute atomic E-state index is 12.7. The molecule has 142 valence electrons. The van der Waals surface area contributed by atoms with Crippen LogP contribution in [0.3, 0.4) is 0 Å². The molecular weight excluding hydrogens is 342 g/mol. The third-order valence-corrected chi connectivity index (χ3v) is 4.37. The summed E-state index contributed by atoms with van der Waals surface area (Å²) in [6.07, 6.45) is 3.78. The van der Waals surface area contributed by atoms with Gasteiger partial charge >= 0.3 is 0 Å². The Hall–Kier alpha value is -2.93. The van der Waals surface area contributed by atoms with Gasteiger partial charge in [0.05, 0.1) is 6.54 Å². The van der Waals surface area contributed by atoms with Crippen molar-refractivity contribution in [2.45, 2.75) is 25.7 Å². The Morgan fingerprint density at radius 1 is 1.07 bits per heavy atom. The van der Waals surface area contributed by atoms with E-state index in [-0.39, 0.29) is 18.4 Å². The number of rotatable bonds is 5. The third kappa shape index (κ3) is 5.04. The molecule has 2 amide bonds. The van der Waals surface area contributed by atoms with Crippen molar-refractivity contribution in [3.8, 4) is 0 Å². The van der Waals surface area contributed by atoms with Crippen LogP contribution in [0.15, 0.2) is 36.4 Å². The van der Waals surface area contributed by atoms with Gasteiger partial charge in [-0.3, -0.25) is 20.4 Å². The highest BCUT2D eigenvalue weighted by molar-refractivity contribution is 5.98. The van der Waals surface area contributed by atoms with E-state index < -0.39 is 0 Å².